The van der Waals surface area contributed by atoms with Crippen LogP contribution in [0.15, 0.2) is 30.6 Å². The third kappa shape index (κ3) is 2.74. The summed E-state index contributed by atoms with van der Waals surface area (Å²) in [5.41, 5.74) is 4.02. The van der Waals surface area contributed by atoms with E-state index >= 15 is 0 Å². The molecule has 0 saturated heterocycles. The summed E-state index contributed by atoms with van der Waals surface area (Å²) >= 11 is 0. The monoisotopic (exact) mass is 268 g/mol. The minimum absolute atomic E-state index is 0.756. The molecular formula is C16H20N4. The van der Waals surface area contributed by atoms with Gasteiger partial charge >= 0.3 is 0 Å². The molecule has 3 rings (SSSR count). The summed E-state index contributed by atoms with van der Waals surface area (Å²) in [4.78, 5) is 10.9. The number of fused-ring (bicyclic) bond motifs is 1. The third-order valence-electron chi connectivity index (χ3n) is 3.72. The Bertz CT molecular complexity index is 590. The number of anilines is 2. The standard InChI is InChI=1S/C16H20N4/c1-20(2)16-7-6-12(10-19-16)9-17-15-8-13-4-3-5-14(13)11-18-15/h6-8,10-11H,3-5,9H2,1-2H3,(H,17,18). The summed E-state index contributed by atoms with van der Waals surface area (Å²) in [5.74, 6) is 1.94. The zero-order chi connectivity index (χ0) is 13.9. The topological polar surface area (TPSA) is 41.0 Å². The lowest BCUT2D eigenvalue weighted by Crippen LogP contribution is -2.10. The van der Waals surface area contributed by atoms with E-state index in [-0.39, 0.29) is 0 Å². The van der Waals surface area contributed by atoms with Crippen molar-refractivity contribution in [3.05, 3.63) is 47.3 Å². The number of nitrogens with zero attached hydrogens (tertiary/aromatic N) is 3. The summed E-state index contributed by atoms with van der Waals surface area (Å²) in [6, 6.07) is 6.32. The van der Waals surface area contributed by atoms with Crippen LogP contribution in [0, 0.1) is 0 Å². The molecule has 1 aliphatic rings. The van der Waals surface area contributed by atoms with Crippen LogP contribution >= 0.6 is 0 Å². The van der Waals surface area contributed by atoms with Crippen molar-refractivity contribution >= 4 is 11.6 Å². The molecule has 0 atom stereocenters. The van der Waals surface area contributed by atoms with E-state index in [1.54, 1.807) is 0 Å². The van der Waals surface area contributed by atoms with E-state index in [9.17, 15) is 0 Å². The van der Waals surface area contributed by atoms with E-state index in [4.69, 9.17) is 0 Å². The van der Waals surface area contributed by atoms with Crippen LogP contribution in [-0.2, 0) is 19.4 Å². The van der Waals surface area contributed by atoms with Gasteiger partial charge in [0.1, 0.15) is 11.6 Å². The molecule has 1 aliphatic carbocycles. The molecule has 0 saturated carbocycles. The highest BCUT2D eigenvalue weighted by molar-refractivity contribution is 5.44. The molecule has 0 fully saturated rings. The minimum Gasteiger partial charge on any atom is -0.366 e. The molecule has 0 amide bonds. The molecule has 2 heterocycles. The lowest BCUT2D eigenvalue weighted by molar-refractivity contribution is 0.911. The first-order valence-electron chi connectivity index (χ1n) is 7.06. The Morgan fingerprint density at radius 2 is 1.95 bits per heavy atom. The summed E-state index contributed by atoms with van der Waals surface area (Å²) in [6.07, 6.45) is 7.55. The highest BCUT2D eigenvalue weighted by Gasteiger charge is 2.11. The van der Waals surface area contributed by atoms with Crippen LogP contribution in [0.2, 0.25) is 0 Å². The van der Waals surface area contributed by atoms with E-state index in [2.05, 4.69) is 27.4 Å². The van der Waals surface area contributed by atoms with Crippen molar-refractivity contribution < 1.29 is 0 Å². The van der Waals surface area contributed by atoms with Crippen molar-refractivity contribution in [1.29, 1.82) is 0 Å². The lowest BCUT2D eigenvalue weighted by Gasteiger charge is -2.12. The Labute approximate surface area is 119 Å². The second-order valence-corrected chi connectivity index (χ2v) is 5.46. The number of aromatic nitrogens is 2. The van der Waals surface area contributed by atoms with Crippen LogP contribution in [0.4, 0.5) is 11.6 Å². The minimum atomic E-state index is 0.756. The number of pyridine rings is 2. The molecule has 0 aromatic carbocycles. The third-order valence-corrected chi connectivity index (χ3v) is 3.72. The summed E-state index contributed by atoms with van der Waals surface area (Å²) in [7, 11) is 3.99. The summed E-state index contributed by atoms with van der Waals surface area (Å²) in [6.45, 7) is 0.756. The Balaban J connectivity index is 1.64. The number of aryl methyl sites for hydroxylation is 2. The molecule has 0 bridgehead atoms. The maximum Gasteiger partial charge on any atom is 0.127 e. The second kappa shape index (κ2) is 5.49. The lowest BCUT2D eigenvalue weighted by atomic mass is 10.2. The maximum absolute atomic E-state index is 4.47. The van der Waals surface area contributed by atoms with Gasteiger partial charge in [0.15, 0.2) is 0 Å². The fraction of sp³-hybridized carbons (Fsp3) is 0.375. The first-order chi connectivity index (χ1) is 9.72. The van der Waals surface area contributed by atoms with Gasteiger partial charge in [0, 0.05) is 33.0 Å². The smallest absolute Gasteiger partial charge is 0.127 e. The number of nitrogens with one attached hydrogen (secondary N) is 1. The predicted molar refractivity (Wildman–Crippen MR) is 82.2 cm³/mol. The van der Waals surface area contributed by atoms with Gasteiger partial charge in [-0.25, -0.2) is 9.97 Å². The molecule has 20 heavy (non-hydrogen) atoms. The van der Waals surface area contributed by atoms with Gasteiger partial charge in [0.25, 0.3) is 0 Å². The summed E-state index contributed by atoms with van der Waals surface area (Å²) < 4.78 is 0. The second-order valence-electron chi connectivity index (χ2n) is 5.46. The van der Waals surface area contributed by atoms with Gasteiger partial charge < -0.3 is 10.2 Å². The number of hydrogen-bond acceptors (Lipinski definition) is 4. The van der Waals surface area contributed by atoms with Crippen molar-refractivity contribution in [3.8, 4) is 0 Å². The fourth-order valence-electron chi connectivity index (χ4n) is 2.53. The zero-order valence-electron chi connectivity index (χ0n) is 12.1. The van der Waals surface area contributed by atoms with Crippen LogP contribution in [0.25, 0.3) is 0 Å². The molecule has 4 heteroatoms. The van der Waals surface area contributed by atoms with Gasteiger partial charge in [-0.1, -0.05) is 6.07 Å². The molecule has 4 nitrogen and oxygen atoms in total. The molecule has 0 spiro atoms. The van der Waals surface area contributed by atoms with E-state index in [1.165, 1.54) is 30.4 Å². The fourth-order valence-corrected chi connectivity index (χ4v) is 2.53. The van der Waals surface area contributed by atoms with Crippen molar-refractivity contribution in [2.45, 2.75) is 25.8 Å². The van der Waals surface area contributed by atoms with Crippen LogP contribution in [-0.4, -0.2) is 24.1 Å². The number of hydrogen-bond donors (Lipinski definition) is 1. The molecular weight excluding hydrogens is 248 g/mol. The van der Waals surface area contributed by atoms with Crippen molar-refractivity contribution in [3.63, 3.8) is 0 Å². The van der Waals surface area contributed by atoms with Crippen LogP contribution in [0.3, 0.4) is 0 Å². The largest absolute Gasteiger partial charge is 0.366 e. The first-order valence-corrected chi connectivity index (χ1v) is 7.06. The quantitative estimate of drug-likeness (QED) is 0.925. The molecule has 0 radical (unpaired) electrons. The molecule has 104 valence electrons. The van der Waals surface area contributed by atoms with Crippen LogP contribution in [0.1, 0.15) is 23.1 Å². The predicted octanol–water partition coefficient (Wildman–Crippen LogP) is 2.64. The van der Waals surface area contributed by atoms with Gasteiger partial charge in [-0.3, -0.25) is 0 Å². The van der Waals surface area contributed by atoms with Crippen molar-refractivity contribution in [2.24, 2.45) is 0 Å². The molecule has 2 aromatic rings. The maximum atomic E-state index is 4.47. The van der Waals surface area contributed by atoms with Crippen molar-refractivity contribution in [2.75, 3.05) is 24.3 Å². The van der Waals surface area contributed by atoms with Gasteiger partial charge in [-0.2, -0.15) is 0 Å². The zero-order valence-corrected chi connectivity index (χ0v) is 12.1. The van der Waals surface area contributed by atoms with Crippen molar-refractivity contribution in [1.82, 2.24) is 9.97 Å². The van der Waals surface area contributed by atoms with Gasteiger partial charge in [0.2, 0.25) is 0 Å². The Hall–Kier alpha value is -2.10. The average Bonchev–Trinajstić information content (AvgIpc) is 2.93. The molecule has 2 aromatic heterocycles. The Morgan fingerprint density at radius 3 is 2.70 bits per heavy atom. The van der Waals surface area contributed by atoms with Gasteiger partial charge in [-0.05, 0) is 48.1 Å². The number of rotatable bonds is 4. The first kappa shape index (κ1) is 12.9. The molecule has 0 aliphatic heterocycles. The van der Waals surface area contributed by atoms with Crippen LogP contribution in [0.5, 0.6) is 0 Å². The van der Waals surface area contributed by atoms with E-state index in [0.717, 1.165) is 23.7 Å². The van der Waals surface area contributed by atoms with E-state index in [0.29, 0.717) is 0 Å². The summed E-state index contributed by atoms with van der Waals surface area (Å²) in [5, 5.41) is 3.37. The molecule has 0 unspecified atom stereocenters. The average molecular weight is 268 g/mol. The Kier molecular flexibility index (Phi) is 3.54. The van der Waals surface area contributed by atoms with Crippen LogP contribution < -0.4 is 10.2 Å². The molecule has 1 N–H and O–H groups in total. The van der Waals surface area contributed by atoms with E-state index in [1.807, 2.05) is 37.5 Å². The Morgan fingerprint density at radius 1 is 1.10 bits per heavy atom. The highest BCUT2D eigenvalue weighted by atomic mass is 15.1. The van der Waals surface area contributed by atoms with Gasteiger partial charge in [-0.15, -0.1) is 0 Å². The van der Waals surface area contributed by atoms with Gasteiger partial charge in [0.05, 0.1) is 0 Å². The van der Waals surface area contributed by atoms with E-state index < -0.39 is 0 Å². The highest BCUT2D eigenvalue weighted by Crippen LogP contribution is 2.23. The normalized spacial score (nSPS) is 13.1. The SMILES string of the molecule is CN(C)c1ccc(CNc2cc3c(cn2)CCC3)cn1.